The van der Waals surface area contributed by atoms with Crippen LogP contribution >= 0.6 is 11.8 Å². The number of aromatic nitrogens is 3. The van der Waals surface area contributed by atoms with Gasteiger partial charge in [0.05, 0.1) is 0 Å². The lowest BCUT2D eigenvalue weighted by molar-refractivity contribution is 0.945. The number of rotatable bonds is 2. The normalized spacial score (nSPS) is 9.82. The lowest BCUT2D eigenvalue weighted by Gasteiger charge is -2.01. The van der Waals surface area contributed by atoms with Gasteiger partial charge in [-0.2, -0.15) is 5.26 Å². The SMILES string of the molecule is N#Cc1cc(Sc2nc(N)cc(=O)[nH]2)ccn1. The molecule has 3 N–H and O–H groups in total. The predicted molar refractivity (Wildman–Crippen MR) is 62.3 cm³/mol. The fraction of sp³-hybridized carbons (Fsp3) is 0. The Balaban J connectivity index is 2.31. The number of anilines is 1. The van der Waals surface area contributed by atoms with Crippen LogP contribution in [-0.4, -0.2) is 15.0 Å². The molecule has 0 bridgehead atoms. The Labute approximate surface area is 101 Å². The maximum Gasteiger partial charge on any atom is 0.253 e. The van der Waals surface area contributed by atoms with Gasteiger partial charge in [0.2, 0.25) is 0 Å². The Hall–Kier alpha value is -2.33. The number of H-pyrrole nitrogens is 1. The average Bonchev–Trinajstić information content (AvgIpc) is 2.28. The quantitative estimate of drug-likeness (QED) is 0.756. The van der Waals surface area contributed by atoms with Crippen LogP contribution < -0.4 is 11.3 Å². The van der Waals surface area contributed by atoms with Crippen molar-refractivity contribution >= 4 is 17.6 Å². The first-order valence-corrected chi connectivity index (χ1v) is 5.40. The second-order valence-electron chi connectivity index (χ2n) is 3.07. The topological polar surface area (TPSA) is 108 Å². The van der Waals surface area contributed by atoms with Crippen LogP contribution in [0.5, 0.6) is 0 Å². The number of nitrogens with two attached hydrogens (primary N) is 1. The van der Waals surface area contributed by atoms with E-state index in [4.69, 9.17) is 11.0 Å². The Morgan fingerprint density at radius 1 is 1.47 bits per heavy atom. The predicted octanol–water partition coefficient (Wildman–Crippen LogP) is 0.770. The molecule has 0 saturated heterocycles. The van der Waals surface area contributed by atoms with Crippen LogP contribution in [0.25, 0.3) is 0 Å². The number of pyridine rings is 1. The second kappa shape index (κ2) is 4.67. The molecule has 0 aliphatic carbocycles. The molecule has 0 saturated carbocycles. The number of hydrogen-bond acceptors (Lipinski definition) is 6. The van der Waals surface area contributed by atoms with Crippen molar-refractivity contribution in [2.45, 2.75) is 10.1 Å². The maximum absolute atomic E-state index is 11.2. The van der Waals surface area contributed by atoms with E-state index in [0.717, 1.165) is 4.90 Å². The molecule has 84 valence electrons. The van der Waals surface area contributed by atoms with Gasteiger partial charge in [-0.05, 0) is 12.1 Å². The van der Waals surface area contributed by atoms with Crippen molar-refractivity contribution in [3.8, 4) is 6.07 Å². The standard InChI is InChI=1S/C10H7N5OS/c11-5-6-3-7(1-2-13-6)17-10-14-8(12)4-9(16)15-10/h1-4H,(H3,12,14,15,16). The van der Waals surface area contributed by atoms with Gasteiger partial charge < -0.3 is 10.7 Å². The zero-order valence-corrected chi connectivity index (χ0v) is 9.36. The van der Waals surface area contributed by atoms with Gasteiger partial charge in [-0.1, -0.05) is 11.8 Å². The highest BCUT2D eigenvalue weighted by Crippen LogP contribution is 2.23. The Kier molecular flexibility index (Phi) is 3.07. The molecule has 0 aromatic carbocycles. The van der Waals surface area contributed by atoms with Crippen LogP contribution in [0.4, 0.5) is 5.82 Å². The first-order chi connectivity index (χ1) is 8.17. The minimum absolute atomic E-state index is 0.158. The van der Waals surface area contributed by atoms with Crippen molar-refractivity contribution in [1.82, 2.24) is 15.0 Å². The highest BCUT2D eigenvalue weighted by atomic mass is 32.2. The summed E-state index contributed by atoms with van der Waals surface area (Å²) in [7, 11) is 0. The molecule has 17 heavy (non-hydrogen) atoms. The average molecular weight is 245 g/mol. The summed E-state index contributed by atoms with van der Waals surface area (Å²) in [6, 6.07) is 6.46. The van der Waals surface area contributed by atoms with Crippen molar-refractivity contribution < 1.29 is 0 Å². The Morgan fingerprint density at radius 3 is 3.00 bits per heavy atom. The van der Waals surface area contributed by atoms with E-state index in [1.165, 1.54) is 24.0 Å². The van der Waals surface area contributed by atoms with E-state index in [9.17, 15) is 4.79 Å². The third-order valence-corrected chi connectivity index (χ3v) is 2.68. The zero-order valence-electron chi connectivity index (χ0n) is 8.54. The van der Waals surface area contributed by atoms with Gasteiger partial charge in [0, 0.05) is 17.2 Å². The summed E-state index contributed by atoms with van der Waals surface area (Å²) in [6.07, 6.45) is 1.52. The Morgan fingerprint density at radius 2 is 2.29 bits per heavy atom. The minimum Gasteiger partial charge on any atom is -0.383 e. The molecule has 2 rings (SSSR count). The van der Waals surface area contributed by atoms with Crippen LogP contribution in [0.15, 0.2) is 39.2 Å². The molecule has 0 spiro atoms. The van der Waals surface area contributed by atoms with E-state index in [0.29, 0.717) is 10.9 Å². The van der Waals surface area contributed by atoms with Gasteiger partial charge in [-0.3, -0.25) is 4.79 Å². The zero-order chi connectivity index (χ0) is 12.3. The van der Waals surface area contributed by atoms with Crippen molar-refractivity contribution in [2.75, 3.05) is 5.73 Å². The molecule has 2 heterocycles. The van der Waals surface area contributed by atoms with Crippen LogP contribution in [0.2, 0.25) is 0 Å². The minimum atomic E-state index is -0.311. The summed E-state index contributed by atoms with van der Waals surface area (Å²) in [6.45, 7) is 0. The van der Waals surface area contributed by atoms with Gasteiger partial charge in [0.15, 0.2) is 5.16 Å². The first-order valence-electron chi connectivity index (χ1n) is 4.58. The van der Waals surface area contributed by atoms with E-state index < -0.39 is 0 Å². The number of nitrogens with one attached hydrogen (secondary N) is 1. The van der Waals surface area contributed by atoms with Crippen molar-refractivity contribution in [2.24, 2.45) is 0 Å². The van der Waals surface area contributed by atoms with E-state index >= 15 is 0 Å². The Bertz CT molecular complexity index is 646. The fourth-order valence-electron chi connectivity index (χ4n) is 1.15. The number of nitrogen functional groups attached to an aromatic ring is 1. The maximum atomic E-state index is 11.2. The van der Waals surface area contributed by atoms with Crippen LogP contribution in [0, 0.1) is 11.3 Å². The summed E-state index contributed by atoms with van der Waals surface area (Å²) in [5, 5.41) is 9.08. The van der Waals surface area contributed by atoms with Crippen LogP contribution in [-0.2, 0) is 0 Å². The molecule has 0 radical (unpaired) electrons. The summed E-state index contributed by atoms with van der Waals surface area (Å²) >= 11 is 1.21. The number of aromatic amines is 1. The lowest BCUT2D eigenvalue weighted by Crippen LogP contribution is -2.09. The monoisotopic (exact) mass is 245 g/mol. The van der Waals surface area contributed by atoms with Gasteiger partial charge in [0.1, 0.15) is 17.6 Å². The second-order valence-corrected chi connectivity index (χ2v) is 4.13. The van der Waals surface area contributed by atoms with Crippen LogP contribution in [0.1, 0.15) is 5.69 Å². The van der Waals surface area contributed by atoms with E-state index in [2.05, 4.69) is 15.0 Å². The number of nitrogens with zero attached hydrogens (tertiary/aromatic N) is 3. The van der Waals surface area contributed by atoms with Crippen molar-refractivity contribution in [3.63, 3.8) is 0 Å². The molecular formula is C10H7N5OS. The molecule has 2 aromatic rings. The number of hydrogen-bond donors (Lipinski definition) is 2. The summed E-state index contributed by atoms with van der Waals surface area (Å²) < 4.78 is 0. The lowest BCUT2D eigenvalue weighted by atomic mass is 10.4. The van der Waals surface area contributed by atoms with Gasteiger partial charge in [-0.15, -0.1) is 0 Å². The molecule has 7 heteroatoms. The molecule has 0 unspecified atom stereocenters. The summed E-state index contributed by atoms with van der Waals surface area (Å²) in [5.74, 6) is 0.158. The molecular weight excluding hydrogens is 238 g/mol. The van der Waals surface area contributed by atoms with E-state index in [1.54, 1.807) is 12.1 Å². The molecule has 6 nitrogen and oxygen atoms in total. The number of nitriles is 1. The fourth-order valence-corrected chi connectivity index (χ4v) is 1.97. The smallest absolute Gasteiger partial charge is 0.253 e. The summed E-state index contributed by atoms with van der Waals surface area (Å²) in [4.78, 5) is 22.3. The molecule has 0 atom stereocenters. The highest BCUT2D eigenvalue weighted by molar-refractivity contribution is 7.99. The molecule has 0 amide bonds. The molecule has 0 aliphatic heterocycles. The van der Waals surface area contributed by atoms with E-state index in [1.807, 2.05) is 6.07 Å². The van der Waals surface area contributed by atoms with Gasteiger partial charge in [0.25, 0.3) is 5.56 Å². The molecule has 2 aromatic heterocycles. The van der Waals surface area contributed by atoms with E-state index in [-0.39, 0.29) is 11.4 Å². The first kappa shape index (κ1) is 11.2. The summed E-state index contributed by atoms with van der Waals surface area (Å²) in [5.41, 5.74) is 5.46. The van der Waals surface area contributed by atoms with Gasteiger partial charge in [-0.25, -0.2) is 9.97 Å². The molecule has 0 aliphatic rings. The third kappa shape index (κ3) is 2.83. The third-order valence-electron chi connectivity index (χ3n) is 1.80. The van der Waals surface area contributed by atoms with Gasteiger partial charge >= 0.3 is 0 Å². The van der Waals surface area contributed by atoms with Crippen molar-refractivity contribution in [1.29, 1.82) is 5.26 Å². The molecule has 0 fully saturated rings. The largest absolute Gasteiger partial charge is 0.383 e. The van der Waals surface area contributed by atoms with Crippen molar-refractivity contribution in [3.05, 3.63) is 40.4 Å². The van der Waals surface area contributed by atoms with Crippen LogP contribution in [0.3, 0.4) is 0 Å². The highest BCUT2D eigenvalue weighted by Gasteiger charge is 2.03.